The lowest BCUT2D eigenvalue weighted by molar-refractivity contribution is 0.0519. The molecule has 0 aliphatic carbocycles. The first-order valence-electron chi connectivity index (χ1n) is 8.24. The van der Waals surface area contributed by atoms with E-state index in [1.807, 2.05) is 0 Å². The Kier molecular flexibility index (Phi) is 7.93. The highest BCUT2D eigenvalue weighted by Crippen LogP contribution is 2.30. The molecule has 3 heteroatoms. The number of benzene rings is 1. The number of hydrogen-bond donors (Lipinski definition) is 1. The molecule has 21 heavy (non-hydrogen) atoms. The molecule has 0 bridgehead atoms. The van der Waals surface area contributed by atoms with Gasteiger partial charge in [-0.1, -0.05) is 55.8 Å². The summed E-state index contributed by atoms with van der Waals surface area (Å²) in [6.07, 6.45) is 3.41. The predicted molar refractivity (Wildman–Crippen MR) is 96.9 cm³/mol. The van der Waals surface area contributed by atoms with Crippen molar-refractivity contribution in [3.63, 3.8) is 0 Å². The molecular weight excluding hydrogens is 324 g/mol. The van der Waals surface area contributed by atoms with Gasteiger partial charge in [0.25, 0.3) is 0 Å². The van der Waals surface area contributed by atoms with Crippen LogP contribution in [0.1, 0.15) is 46.1 Å². The first-order chi connectivity index (χ1) is 10.1. The van der Waals surface area contributed by atoms with E-state index in [0.717, 1.165) is 24.0 Å². The van der Waals surface area contributed by atoms with Crippen LogP contribution in [0.15, 0.2) is 28.7 Å². The van der Waals surface area contributed by atoms with Gasteiger partial charge in [0.05, 0.1) is 0 Å². The van der Waals surface area contributed by atoms with E-state index in [0.29, 0.717) is 6.04 Å². The molecule has 0 aliphatic rings. The summed E-state index contributed by atoms with van der Waals surface area (Å²) in [6, 6.07) is 9.15. The number of nitrogens with zero attached hydrogens (tertiary/aromatic N) is 1. The van der Waals surface area contributed by atoms with Gasteiger partial charge in [-0.25, -0.2) is 0 Å². The molecule has 1 rings (SSSR count). The van der Waals surface area contributed by atoms with Gasteiger partial charge in [0.2, 0.25) is 0 Å². The number of nitrogens with one attached hydrogen (secondary N) is 1. The highest BCUT2D eigenvalue weighted by atomic mass is 79.9. The van der Waals surface area contributed by atoms with Gasteiger partial charge in [-0.2, -0.15) is 0 Å². The first kappa shape index (κ1) is 18.7. The van der Waals surface area contributed by atoms with Crippen molar-refractivity contribution in [1.82, 2.24) is 10.2 Å². The maximum atomic E-state index is 3.60. The summed E-state index contributed by atoms with van der Waals surface area (Å²) in [4.78, 5) is 2.63. The van der Waals surface area contributed by atoms with E-state index in [-0.39, 0.29) is 5.54 Å². The average Bonchev–Trinajstić information content (AvgIpc) is 2.51. The van der Waals surface area contributed by atoms with Crippen LogP contribution in [-0.4, -0.2) is 36.6 Å². The van der Waals surface area contributed by atoms with Crippen molar-refractivity contribution >= 4 is 15.9 Å². The maximum Gasteiger partial charge on any atom is 0.0360 e. The molecular formula is C18H31BrN2. The molecule has 0 fully saturated rings. The SMILES string of the molecule is CCN(CC)C(CC)(CC)C(Cc1cccc(Br)c1)NC. The van der Waals surface area contributed by atoms with Crippen LogP contribution in [-0.2, 0) is 6.42 Å². The summed E-state index contributed by atoms with van der Waals surface area (Å²) in [7, 11) is 2.10. The molecule has 0 saturated heterocycles. The standard InChI is InChI=1S/C18H31BrN2/c1-6-18(7-2,21(8-3)9-4)17(20-5)14-15-11-10-12-16(19)13-15/h10-13,17,20H,6-9,14H2,1-5H3. The van der Waals surface area contributed by atoms with E-state index >= 15 is 0 Å². The minimum absolute atomic E-state index is 0.223. The topological polar surface area (TPSA) is 15.3 Å². The van der Waals surface area contributed by atoms with Gasteiger partial charge in [-0.05, 0) is 57.1 Å². The Labute approximate surface area is 139 Å². The minimum atomic E-state index is 0.223. The lowest BCUT2D eigenvalue weighted by Gasteiger charge is -2.48. The Balaban J connectivity index is 3.07. The highest BCUT2D eigenvalue weighted by molar-refractivity contribution is 9.10. The zero-order valence-corrected chi connectivity index (χ0v) is 15.8. The largest absolute Gasteiger partial charge is 0.315 e. The van der Waals surface area contributed by atoms with E-state index in [1.165, 1.54) is 18.4 Å². The number of halogens is 1. The fourth-order valence-corrected chi connectivity index (χ4v) is 4.17. The van der Waals surface area contributed by atoms with Crippen molar-refractivity contribution in [1.29, 1.82) is 0 Å². The Morgan fingerprint density at radius 2 is 1.76 bits per heavy atom. The van der Waals surface area contributed by atoms with Crippen molar-refractivity contribution in [3.05, 3.63) is 34.3 Å². The van der Waals surface area contributed by atoms with Gasteiger partial charge < -0.3 is 5.32 Å². The zero-order valence-electron chi connectivity index (χ0n) is 14.2. The molecule has 1 atom stereocenters. The molecule has 1 aromatic rings. The van der Waals surface area contributed by atoms with Crippen LogP contribution in [0.2, 0.25) is 0 Å². The van der Waals surface area contributed by atoms with Gasteiger partial charge in [0.1, 0.15) is 0 Å². The highest BCUT2D eigenvalue weighted by Gasteiger charge is 2.38. The van der Waals surface area contributed by atoms with Gasteiger partial charge in [-0.3, -0.25) is 4.90 Å². The summed E-state index contributed by atoms with van der Waals surface area (Å²) < 4.78 is 1.16. The lowest BCUT2D eigenvalue weighted by atomic mass is 9.79. The first-order valence-corrected chi connectivity index (χ1v) is 9.03. The van der Waals surface area contributed by atoms with Crippen molar-refractivity contribution in [2.75, 3.05) is 20.1 Å². The normalized spacial score (nSPS) is 13.7. The third-order valence-electron chi connectivity index (χ3n) is 4.94. The maximum absolute atomic E-state index is 3.60. The van der Waals surface area contributed by atoms with Crippen molar-refractivity contribution in [2.24, 2.45) is 0 Å². The summed E-state index contributed by atoms with van der Waals surface area (Å²) in [5, 5.41) is 3.60. The fourth-order valence-electron chi connectivity index (χ4n) is 3.72. The van der Waals surface area contributed by atoms with Crippen LogP contribution in [0.25, 0.3) is 0 Å². The van der Waals surface area contributed by atoms with E-state index in [2.05, 4.69) is 85.2 Å². The molecule has 0 spiro atoms. The smallest absolute Gasteiger partial charge is 0.0360 e. The van der Waals surface area contributed by atoms with Crippen molar-refractivity contribution in [2.45, 2.75) is 58.5 Å². The van der Waals surface area contributed by atoms with E-state index in [9.17, 15) is 0 Å². The Hall–Kier alpha value is -0.380. The summed E-state index contributed by atoms with van der Waals surface area (Å²) in [6.45, 7) is 11.4. The van der Waals surface area contributed by atoms with Crippen molar-refractivity contribution < 1.29 is 0 Å². The molecule has 1 unspecified atom stereocenters. The Morgan fingerprint density at radius 1 is 1.14 bits per heavy atom. The fraction of sp³-hybridized carbons (Fsp3) is 0.667. The summed E-state index contributed by atoms with van der Waals surface area (Å²) in [5.74, 6) is 0. The molecule has 2 nitrogen and oxygen atoms in total. The summed E-state index contributed by atoms with van der Waals surface area (Å²) in [5.41, 5.74) is 1.61. The van der Waals surface area contributed by atoms with Crippen LogP contribution in [0.5, 0.6) is 0 Å². The minimum Gasteiger partial charge on any atom is -0.315 e. The molecule has 0 radical (unpaired) electrons. The Morgan fingerprint density at radius 3 is 2.19 bits per heavy atom. The van der Waals surface area contributed by atoms with Crippen LogP contribution < -0.4 is 5.32 Å². The number of rotatable bonds is 9. The van der Waals surface area contributed by atoms with E-state index in [1.54, 1.807) is 0 Å². The summed E-state index contributed by atoms with van der Waals surface area (Å²) >= 11 is 3.58. The second kappa shape index (κ2) is 8.92. The second-order valence-electron chi connectivity index (χ2n) is 5.66. The monoisotopic (exact) mass is 354 g/mol. The number of hydrogen-bond acceptors (Lipinski definition) is 2. The van der Waals surface area contributed by atoms with Gasteiger partial charge in [0, 0.05) is 16.1 Å². The van der Waals surface area contributed by atoms with Gasteiger partial charge in [-0.15, -0.1) is 0 Å². The van der Waals surface area contributed by atoms with Crippen molar-refractivity contribution in [3.8, 4) is 0 Å². The molecule has 0 aromatic heterocycles. The third-order valence-corrected chi connectivity index (χ3v) is 5.44. The van der Waals surface area contributed by atoms with E-state index < -0.39 is 0 Å². The molecule has 120 valence electrons. The van der Waals surface area contributed by atoms with Crippen LogP contribution >= 0.6 is 15.9 Å². The molecule has 1 aromatic carbocycles. The van der Waals surface area contributed by atoms with Crippen LogP contribution in [0, 0.1) is 0 Å². The number of likely N-dealkylation sites (N-methyl/N-ethyl adjacent to an activating group) is 2. The third kappa shape index (κ3) is 4.30. The van der Waals surface area contributed by atoms with Gasteiger partial charge in [0.15, 0.2) is 0 Å². The molecule has 1 N–H and O–H groups in total. The second-order valence-corrected chi connectivity index (χ2v) is 6.57. The van der Waals surface area contributed by atoms with E-state index in [4.69, 9.17) is 0 Å². The zero-order chi connectivity index (χ0) is 15.9. The Bertz CT molecular complexity index is 411. The molecule has 0 aliphatic heterocycles. The molecule has 0 heterocycles. The lowest BCUT2D eigenvalue weighted by Crippen LogP contribution is -2.61. The van der Waals surface area contributed by atoms with Gasteiger partial charge >= 0.3 is 0 Å². The quantitative estimate of drug-likeness (QED) is 0.703. The molecule has 0 amide bonds. The average molecular weight is 355 g/mol. The predicted octanol–water partition coefficient (Wildman–Crippen LogP) is 4.48. The molecule has 0 saturated carbocycles. The van der Waals surface area contributed by atoms with Crippen LogP contribution in [0.3, 0.4) is 0 Å². The van der Waals surface area contributed by atoms with Crippen LogP contribution in [0.4, 0.5) is 0 Å².